The largest absolute Gasteiger partial charge is 0.507 e. The Morgan fingerprint density at radius 3 is 1.22 bits per heavy atom. The molecule has 0 aliphatic rings. The quantitative estimate of drug-likeness (QED) is 0.314. The first-order chi connectivity index (χ1) is 16.6. The van der Waals surface area contributed by atoms with Gasteiger partial charge in [-0.3, -0.25) is 28.9 Å². The highest BCUT2D eigenvalue weighted by atomic mass is 31.2. The lowest BCUT2D eigenvalue weighted by Crippen LogP contribution is -2.26. The Balaban J connectivity index is 3.20. The molecule has 36 heavy (non-hydrogen) atoms. The third-order valence-electron chi connectivity index (χ3n) is 6.22. The normalized spacial score (nSPS) is 17.4. The number of fused-ring (bicyclic) bond motifs is 1. The van der Waals surface area contributed by atoms with E-state index in [0.717, 1.165) is 16.0 Å². The predicted molar refractivity (Wildman–Crippen MR) is 164 cm³/mol. The molecule has 2 aromatic rings. The maximum absolute atomic E-state index is 11.0. The Hall–Kier alpha value is -0.620. The minimum absolute atomic E-state index is 0.0516. The van der Waals surface area contributed by atoms with Crippen LogP contribution in [0, 0.1) is 0 Å². The molecule has 204 valence electrons. The van der Waals surface area contributed by atoms with E-state index in [9.17, 15) is 10.2 Å². The van der Waals surface area contributed by atoms with Crippen molar-refractivity contribution < 1.29 is 10.2 Å². The Labute approximate surface area is 220 Å². The van der Waals surface area contributed by atoms with Crippen LogP contribution >= 0.6 is 31.2 Å². The maximum Gasteiger partial charge on any atom is 0.165 e. The fraction of sp³-hybridized carbons (Fsp3) is 0.545. The minimum atomic E-state index is -2.29. The molecule has 0 fully saturated rings. The second kappa shape index (κ2) is 12.5. The van der Waals surface area contributed by atoms with Crippen LogP contribution in [0.1, 0.15) is 0 Å². The van der Waals surface area contributed by atoms with Crippen LogP contribution in [0.3, 0.4) is 0 Å². The van der Waals surface area contributed by atoms with Crippen molar-refractivity contribution in [3.8, 4) is 11.5 Å². The number of hydrogen-bond acceptors (Lipinski definition) is 8. The lowest BCUT2D eigenvalue weighted by molar-refractivity contribution is 0.464. The fourth-order valence-electron chi connectivity index (χ4n) is 3.80. The van der Waals surface area contributed by atoms with Gasteiger partial charge in [0.15, 0.2) is 16.7 Å². The van der Waals surface area contributed by atoms with Crippen molar-refractivity contribution in [3.63, 3.8) is 0 Å². The summed E-state index contributed by atoms with van der Waals surface area (Å²) in [4.78, 5) is 0. The highest BCUT2D eigenvalue weighted by molar-refractivity contribution is 7.78. The first kappa shape index (κ1) is 31.6. The van der Waals surface area contributed by atoms with Gasteiger partial charge in [0.05, 0.1) is 19.8 Å². The Bertz CT molecular complexity index is 1100. The third kappa shape index (κ3) is 6.16. The molecule has 0 spiro atoms. The van der Waals surface area contributed by atoms with Crippen molar-refractivity contribution in [2.75, 3.05) is 83.8 Å². The van der Waals surface area contributed by atoms with Crippen molar-refractivity contribution in [1.29, 1.82) is 0 Å². The smallest absolute Gasteiger partial charge is 0.165 e. The van der Waals surface area contributed by atoms with Crippen molar-refractivity contribution >= 4 is 52.5 Å². The molecule has 0 aliphatic heterocycles. The average molecular weight is 577 g/mol. The molecule has 14 heteroatoms. The lowest BCUT2D eigenvalue weighted by Gasteiger charge is -2.35. The number of nitrogens with one attached hydrogen (secondary N) is 2. The van der Waals surface area contributed by atoms with E-state index in [1.165, 1.54) is 0 Å². The van der Waals surface area contributed by atoms with Gasteiger partial charge in [0, 0.05) is 16.0 Å². The monoisotopic (exact) mass is 576 g/mol. The minimum Gasteiger partial charge on any atom is -0.507 e. The van der Waals surface area contributed by atoms with Gasteiger partial charge >= 0.3 is 0 Å². The van der Waals surface area contributed by atoms with Gasteiger partial charge in [-0.2, -0.15) is 0 Å². The molecule has 4 unspecified atom stereocenters. The molecule has 0 aliphatic carbocycles. The zero-order valence-electron chi connectivity index (χ0n) is 23.7. The number of nitrogens with zero attached hydrogens (tertiary/aromatic N) is 6. The van der Waals surface area contributed by atoms with Crippen LogP contribution in [0.25, 0.3) is 10.8 Å². The number of phenolic OH excluding ortho intramolecular Hbond substituents is 2. The standard InChI is InChI=1S/C22H44N8O2P4/c1-23-33(27(3)4)25-35(11,29(7)8)19-15-13-17(31)21-18(32)14-16-20(22(19)21)36(12,30(9)10)26-34(24-2)28(5)6/h13-16,23-24,31-32H,1-12H3. The van der Waals surface area contributed by atoms with Gasteiger partial charge in [0.1, 0.15) is 11.5 Å². The van der Waals surface area contributed by atoms with E-state index in [2.05, 4.69) is 42.2 Å². The van der Waals surface area contributed by atoms with E-state index in [1.54, 1.807) is 12.1 Å². The molecule has 4 N–H and O–H groups in total. The van der Waals surface area contributed by atoms with E-state index in [1.807, 2.05) is 82.6 Å². The number of aromatic hydroxyl groups is 2. The van der Waals surface area contributed by atoms with Gasteiger partial charge in [0.2, 0.25) is 0 Å². The van der Waals surface area contributed by atoms with E-state index in [4.69, 9.17) is 9.03 Å². The topological polar surface area (TPSA) is 102 Å². The summed E-state index contributed by atoms with van der Waals surface area (Å²) < 4.78 is 19.3. The lowest BCUT2D eigenvalue weighted by atomic mass is 10.1. The average Bonchev–Trinajstić information content (AvgIpc) is 2.80. The second-order valence-corrected chi connectivity index (χ2v) is 20.7. The van der Waals surface area contributed by atoms with Crippen LogP contribution in [-0.2, 0) is 0 Å². The summed E-state index contributed by atoms with van der Waals surface area (Å²) in [5, 5.41) is 32.0. The molecule has 10 nitrogen and oxygen atoms in total. The van der Waals surface area contributed by atoms with Gasteiger partial charge in [-0.25, -0.2) is 9.03 Å². The molecular formula is C22H44N8O2P4. The Kier molecular flexibility index (Phi) is 11.0. The van der Waals surface area contributed by atoms with Crippen LogP contribution in [0.2, 0.25) is 0 Å². The highest BCUT2D eigenvalue weighted by Crippen LogP contribution is 2.60. The van der Waals surface area contributed by atoms with Crippen molar-refractivity contribution in [1.82, 2.24) is 28.9 Å². The molecule has 0 radical (unpaired) electrons. The van der Waals surface area contributed by atoms with Crippen LogP contribution in [0.15, 0.2) is 33.3 Å². The van der Waals surface area contributed by atoms with Crippen molar-refractivity contribution in [2.24, 2.45) is 9.03 Å². The molecule has 2 aromatic carbocycles. The maximum atomic E-state index is 11.0. The Morgan fingerprint density at radius 2 is 0.972 bits per heavy atom. The fourth-order valence-corrected chi connectivity index (χ4v) is 14.3. The van der Waals surface area contributed by atoms with Gasteiger partial charge in [-0.05, 0) is 108 Å². The van der Waals surface area contributed by atoms with Crippen molar-refractivity contribution in [2.45, 2.75) is 0 Å². The van der Waals surface area contributed by atoms with E-state index in [0.29, 0.717) is 5.39 Å². The van der Waals surface area contributed by atoms with E-state index >= 15 is 0 Å². The molecule has 2 rings (SSSR count). The van der Waals surface area contributed by atoms with Crippen LogP contribution in [0.4, 0.5) is 0 Å². The van der Waals surface area contributed by atoms with Gasteiger partial charge in [-0.15, -0.1) is 0 Å². The van der Waals surface area contributed by atoms with Crippen LogP contribution < -0.4 is 20.8 Å². The third-order valence-corrected chi connectivity index (χ3v) is 18.4. The Morgan fingerprint density at radius 1 is 0.639 bits per heavy atom. The van der Waals surface area contributed by atoms with Gasteiger partial charge in [0.25, 0.3) is 0 Å². The number of rotatable bonds is 10. The van der Waals surface area contributed by atoms with Crippen LogP contribution in [-0.4, -0.2) is 113 Å². The molecule has 0 amide bonds. The predicted octanol–water partition coefficient (Wildman–Crippen LogP) is 4.13. The summed E-state index contributed by atoms with van der Waals surface area (Å²) in [7, 11) is 13.6. The first-order valence-electron chi connectivity index (χ1n) is 11.5. The molecule has 0 saturated carbocycles. The van der Waals surface area contributed by atoms with Gasteiger partial charge in [-0.1, -0.05) is 0 Å². The summed E-state index contributed by atoms with van der Waals surface area (Å²) >= 11 is 0. The highest BCUT2D eigenvalue weighted by Gasteiger charge is 2.32. The number of phenols is 2. The molecular weight excluding hydrogens is 532 g/mol. The summed E-state index contributed by atoms with van der Waals surface area (Å²) in [6.07, 6.45) is 0. The summed E-state index contributed by atoms with van der Waals surface area (Å²) in [5.41, 5.74) is 0. The van der Waals surface area contributed by atoms with Gasteiger partial charge < -0.3 is 10.2 Å². The van der Waals surface area contributed by atoms with Crippen molar-refractivity contribution in [3.05, 3.63) is 24.3 Å². The first-order valence-corrected chi connectivity index (χ1v) is 18.3. The molecule has 0 heterocycles. The SMILES string of the molecule is CNP(N=P(C)(c1ccc(O)c2c(O)ccc(P(C)(=NP(NC)N(C)C)N(C)C)c12)N(C)C)N(C)C. The number of benzene rings is 2. The number of hydrogen-bond donors (Lipinski definition) is 4. The summed E-state index contributed by atoms with van der Waals surface area (Å²) in [6, 6.07) is 7.31. The molecule has 0 saturated heterocycles. The molecule has 0 bridgehead atoms. The zero-order valence-corrected chi connectivity index (χ0v) is 27.3. The van der Waals surface area contributed by atoms with Crippen LogP contribution in [0.5, 0.6) is 11.5 Å². The summed E-state index contributed by atoms with van der Waals surface area (Å²) in [5.74, 6) is 0.103. The summed E-state index contributed by atoms with van der Waals surface area (Å²) in [6.45, 7) is 4.37. The molecule has 0 aromatic heterocycles. The van der Waals surface area contributed by atoms with E-state index in [-0.39, 0.29) is 11.5 Å². The zero-order chi connectivity index (χ0) is 27.6. The second-order valence-electron chi connectivity index (χ2n) is 9.38. The molecule has 4 atom stereocenters. The van der Waals surface area contributed by atoms with E-state index < -0.39 is 31.2 Å².